The fourth-order valence-corrected chi connectivity index (χ4v) is 5.12. The van der Waals surface area contributed by atoms with Crippen molar-refractivity contribution in [2.45, 2.75) is 77.3 Å². The Hall–Kier alpha value is -2.27. The number of hydrogen-bond donors (Lipinski definition) is 1. The number of nitrogens with one attached hydrogen (secondary N) is 1. The molecule has 0 bridgehead atoms. The molecule has 0 saturated heterocycles. The SMILES string of the molecule is Cc1cccc(CSCC(=O)N(Cc2ccccc2C)C(C)C(=O)NC2CCCCC2)c1. The lowest BCUT2D eigenvalue weighted by Crippen LogP contribution is -2.50. The molecule has 172 valence electrons. The second-order valence-electron chi connectivity index (χ2n) is 8.95. The summed E-state index contributed by atoms with van der Waals surface area (Å²) in [6, 6.07) is 16.2. The summed E-state index contributed by atoms with van der Waals surface area (Å²) < 4.78 is 0. The lowest BCUT2D eigenvalue weighted by molar-refractivity contribution is -0.139. The molecule has 2 aromatic carbocycles. The Morgan fingerprint density at radius 3 is 2.53 bits per heavy atom. The van der Waals surface area contributed by atoms with Crippen LogP contribution in [0.1, 0.15) is 61.3 Å². The maximum atomic E-state index is 13.3. The Bertz CT molecular complexity index is 908. The van der Waals surface area contributed by atoms with E-state index in [1.54, 1.807) is 16.7 Å². The molecule has 1 fully saturated rings. The zero-order valence-corrected chi connectivity index (χ0v) is 20.4. The molecule has 2 aromatic rings. The average Bonchev–Trinajstić information content (AvgIpc) is 2.78. The van der Waals surface area contributed by atoms with Gasteiger partial charge < -0.3 is 10.2 Å². The minimum atomic E-state index is -0.497. The highest BCUT2D eigenvalue weighted by Crippen LogP contribution is 2.20. The summed E-state index contributed by atoms with van der Waals surface area (Å²) in [7, 11) is 0. The molecule has 2 amide bonds. The van der Waals surface area contributed by atoms with Crippen LogP contribution < -0.4 is 5.32 Å². The molecule has 3 rings (SSSR count). The first-order valence-electron chi connectivity index (χ1n) is 11.7. The summed E-state index contributed by atoms with van der Waals surface area (Å²) in [6.45, 7) is 6.45. The molecular formula is C27H36N2O2S. The van der Waals surface area contributed by atoms with Gasteiger partial charge in [0.15, 0.2) is 0 Å². The molecule has 0 spiro atoms. The van der Waals surface area contributed by atoms with Crippen LogP contribution >= 0.6 is 11.8 Å². The van der Waals surface area contributed by atoms with Crippen LogP contribution in [0.5, 0.6) is 0 Å². The maximum Gasteiger partial charge on any atom is 0.242 e. The quantitative estimate of drug-likeness (QED) is 0.554. The Morgan fingerprint density at radius 1 is 1.06 bits per heavy atom. The van der Waals surface area contributed by atoms with Crippen molar-refractivity contribution < 1.29 is 9.59 Å². The predicted octanol–water partition coefficient (Wildman–Crippen LogP) is 5.40. The van der Waals surface area contributed by atoms with Crippen LogP contribution in [0.3, 0.4) is 0 Å². The number of rotatable bonds is 9. The van der Waals surface area contributed by atoms with E-state index in [1.165, 1.54) is 30.4 Å². The highest BCUT2D eigenvalue weighted by Gasteiger charge is 2.28. The number of thioether (sulfide) groups is 1. The van der Waals surface area contributed by atoms with Gasteiger partial charge in [-0.25, -0.2) is 0 Å². The molecule has 1 aliphatic rings. The molecule has 5 heteroatoms. The highest BCUT2D eigenvalue weighted by atomic mass is 32.2. The first-order chi connectivity index (χ1) is 15.4. The third kappa shape index (κ3) is 7.13. The predicted molar refractivity (Wildman–Crippen MR) is 134 cm³/mol. The monoisotopic (exact) mass is 452 g/mol. The summed E-state index contributed by atoms with van der Waals surface area (Å²) in [5.41, 5.74) is 4.67. The van der Waals surface area contributed by atoms with Crippen LogP contribution in [0.25, 0.3) is 0 Å². The van der Waals surface area contributed by atoms with Crippen molar-refractivity contribution in [2.75, 3.05) is 5.75 Å². The Kier molecular flexibility index (Phi) is 9.22. The second-order valence-corrected chi connectivity index (χ2v) is 9.94. The molecule has 1 atom stereocenters. The molecule has 32 heavy (non-hydrogen) atoms. The van der Waals surface area contributed by atoms with Gasteiger partial charge in [0.2, 0.25) is 11.8 Å². The van der Waals surface area contributed by atoms with Gasteiger partial charge in [-0.2, -0.15) is 0 Å². The van der Waals surface area contributed by atoms with Gasteiger partial charge in [0.25, 0.3) is 0 Å². The van der Waals surface area contributed by atoms with E-state index in [4.69, 9.17) is 0 Å². The van der Waals surface area contributed by atoms with Gasteiger partial charge in [0.1, 0.15) is 6.04 Å². The van der Waals surface area contributed by atoms with Crippen LogP contribution in [0.4, 0.5) is 0 Å². The lowest BCUT2D eigenvalue weighted by atomic mass is 9.95. The molecule has 1 N–H and O–H groups in total. The summed E-state index contributed by atoms with van der Waals surface area (Å²) in [5.74, 6) is 1.12. The Morgan fingerprint density at radius 2 is 1.81 bits per heavy atom. The summed E-state index contributed by atoms with van der Waals surface area (Å²) >= 11 is 1.61. The van der Waals surface area contributed by atoms with E-state index < -0.39 is 6.04 Å². The number of amides is 2. The third-order valence-corrected chi connectivity index (χ3v) is 7.29. The van der Waals surface area contributed by atoms with Crippen LogP contribution in [0.2, 0.25) is 0 Å². The van der Waals surface area contributed by atoms with Crippen molar-refractivity contribution >= 4 is 23.6 Å². The topological polar surface area (TPSA) is 49.4 Å². The van der Waals surface area contributed by atoms with Crippen molar-refractivity contribution in [3.05, 3.63) is 70.8 Å². The summed E-state index contributed by atoms with van der Waals surface area (Å²) in [5, 5.41) is 3.20. The smallest absolute Gasteiger partial charge is 0.242 e. The molecular weight excluding hydrogens is 416 g/mol. The molecule has 4 nitrogen and oxygen atoms in total. The molecule has 0 aliphatic heterocycles. The first kappa shape index (κ1) is 24.4. The zero-order chi connectivity index (χ0) is 22.9. The number of hydrogen-bond acceptors (Lipinski definition) is 3. The normalized spacial score (nSPS) is 15.2. The van der Waals surface area contributed by atoms with E-state index in [-0.39, 0.29) is 17.9 Å². The fourth-order valence-electron chi connectivity index (χ4n) is 4.26. The third-order valence-electron chi connectivity index (χ3n) is 6.30. The highest BCUT2D eigenvalue weighted by molar-refractivity contribution is 7.99. The molecule has 0 aromatic heterocycles. The number of benzene rings is 2. The van der Waals surface area contributed by atoms with E-state index in [0.29, 0.717) is 12.3 Å². The lowest BCUT2D eigenvalue weighted by Gasteiger charge is -2.31. The zero-order valence-electron chi connectivity index (χ0n) is 19.6. The molecule has 1 unspecified atom stereocenters. The van der Waals surface area contributed by atoms with Crippen molar-refractivity contribution in [3.8, 4) is 0 Å². The number of carbonyl (C=O) groups is 2. The Labute approximate surface area is 197 Å². The molecule has 1 saturated carbocycles. The standard InChI is InChI=1S/C27H36N2O2S/c1-20-10-9-12-23(16-20)18-32-19-26(30)29(17-24-13-8-7-11-21(24)2)22(3)27(31)28-25-14-5-4-6-15-25/h7-13,16,22,25H,4-6,14-15,17-19H2,1-3H3,(H,28,31). The first-order valence-corrected chi connectivity index (χ1v) is 12.9. The van der Waals surface area contributed by atoms with Crippen molar-refractivity contribution in [3.63, 3.8) is 0 Å². The van der Waals surface area contributed by atoms with Crippen LogP contribution in [0.15, 0.2) is 48.5 Å². The van der Waals surface area contributed by atoms with Crippen LogP contribution in [-0.4, -0.2) is 34.6 Å². The van der Waals surface area contributed by atoms with E-state index in [9.17, 15) is 9.59 Å². The van der Waals surface area contributed by atoms with Gasteiger partial charge in [0.05, 0.1) is 5.75 Å². The maximum absolute atomic E-state index is 13.3. The van der Waals surface area contributed by atoms with Crippen molar-refractivity contribution in [2.24, 2.45) is 0 Å². The van der Waals surface area contributed by atoms with Crippen molar-refractivity contribution in [1.29, 1.82) is 0 Å². The van der Waals surface area contributed by atoms with E-state index in [1.807, 2.05) is 25.1 Å². The van der Waals surface area contributed by atoms with Crippen molar-refractivity contribution in [1.82, 2.24) is 10.2 Å². The molecule has 1 aliphatic carbocycles. The average molecular weight is 453 g/mol. The van der Waals surface area contributed by atoms with E-state index >= 15 is 0 Å². The number of carbonyl (C=O) groups excluding carboxylic acids is 2. The molecule has 0 heterocycles. The van der Waals surface area contributed by atoms with Gasteiger partial charge >= 0.3 is 0 Å². The van der Waals surface area contributed by atoms with E-state index in [2.05, 4.69) is 49.5 Å². The van der Waals surface area contributed by atoms with Crippen LogP contribution in [-0.2, 0) is 21.9 Å². The van der Waals surface area contributed by atoms with Gasteiger partial charge in [-0.05, 0) is 50.3 Å². The van der Waals surface area contributed by atoms with Gasteiger partial charge in [-0.3, -0.25) is 9.59 Å². The van der Waals surface area contributed by atoms with Crippen LogP contribution in [0, 0.1) is 13.8 Å². The minimum absolute atomic E-state index is 0.0113. The largest absolute Gasteiger partial charge is 0.352 e. The fraction of sp³-hybridized carbons (Fsp3) is 0.481. The van der Waals surface area contributed by atoms with Gasteiger partial charge in [-0.1, -0.05) is 73.4 Å². The summed E-state index contributed by atoms with van der Waals surface area (Å²) in [6.07, 6.45) is 5.66. The minimum Gasteiger partial charge on any atom is -0.352 e. The Balaban J connectivity index is 1.66. The number of aryl methyl sites for hydroxylation is 2. The van der Waals surface area contributed by atoms with E-state index in [0.717, 1.165) is 29.7 Å². The summed E-state index contributed by atoms with van der Waals surface area (Å²) in [4.78, 5) is 28.1. The molecule has 0 radical (unpaired) electrons. The van der Waals surface area contributed by atoms with Gasteiger partial charge in [-0.15, -0.1) is 11.8 Å². The van der Waals surface area contributed by atoms with Gasteiger partial charge in [0, 0.05) is 18.3 Å². The number of nitrogens with zero attached hydrogens (tertiary/aromatic N) is 1. The second kappa shape index (κ2) is 12.1.